The van der Waals surface area contributed by atoms with Crippen LogP contribution in [0.3, 0.4) is 0 Å². The van der Waals surface area contributed by atoms with Gasteiger partial charge >= 0.3 is 11.9 Å². The molecule has 8 nitrogen and oxygen atoms in total. The van der Waals surface area contributed by atoms with E-state index in [2.05, 4.69) is 0 Å². The lowest BCUT2D eigenvalue weighted by atomic mass is 10.2. The summed E-state index contributed by atoms with van der Waals surface area (Å²) in [6, 6.07) is 10.9. The Morgan fingerprint density at radius 3 is 2.35 bits per heavy atom. The van der Waals surface area contributed by atoms with E-state index in [0.29, 0.717) is 0 Å². The van der Waals surface area contributed by atoms with Gasteiger partial charge < -0.3 is 19.7 Å². The third-order valence-electron chi connectivity index (χ3n) is 3.22. The SMILES string of the molecule is CC(=O)OC(CS(=O)(=O)c1ccccc1)Oc1ccc(O)c(C(=O)O)c1. The van der Waals surface area contributed by atoms with Crippen molar-refractivity contribution >= 4 is 21.8 Å². The minimum Gasteiger partial charge on any atom is -0.507 e. The van der Waals surface area contributed by atoms with Crippen LogP contribution < -0.4 is 4.74 Å². The van der Waals surface area contributed by atoms with Crippen molar-refractivity contribution < 1.29 is 37.7 Å². The third-order valence-corrected chi connectivity index (χ3v) is 4.92. The molecule has 0 bridgehead atoms. The van der Waals surface area contributed by atoms with Gasteiger partial charge in [-0.3, -0.25) is 4.79 Å². The van der Waals surface area contributed by atoms with Crippen LogP contribution in [-0.2, 0) is 19.4 Å². The Bertz CT molecular complexity index is 906. The van der Waals surface area contributed by atoms with Crippen molar-refractivity contribution in [2.24, 2.45) is 0 Å². The number of benzene rings is 2. The van der Waals surface area contributed by atoms with E-state index in [0.717, 1.165) is 19.1 Å². The molecule has 0 radical (unpaired) electrons. The molecule has 1 atom stereocenters. The van der Waals surface area contributed by atoms with Crippen LogP contribution in [0, 0.1) is 0 Å². The van der Waals surface area contributed by atoms with E-state index >= 15 is 0 Å². The fourth-order valence-electron chi connectivity index (χ4n) is 2.09. The third kappa shape index (κ3) is 4.96. The maximum atomic E-state index is 12.4. The molecule has 0 aliphatic carbocycles. The van der Waals surface area contributed by atoms with Crippen molar-refractivity contribution in [1.29, 1.82) is 0 Å². The molecule has 0 spiro atoms. The van der Waals surface area contributed by atoms with Crippen molar-refractivity contribution in [3.63, 3.8) is 0 Å². The molecule has 9 heteroatoms. The van der Waals surface area contributed by atoms with Gasteiger partial charge in [0.05, 0.1) is 4.90 Å². The maximum absolute atomic E-state index is 12.4. The van der Waals surface area contributed by atoms with Crippen molar-refractivity contribution in [1.82, 2.24) is 0 Å². The van der Waals surface area contributed by atoms with E-state index in [9.17, 15) is 23.1 Å². The van der Waals surface area contributed by atoms with Crippen LogP contribution in [-0.4, -0.2) is 42.6 Å². The van der Waals surface area contributed by atoms with E-state index in [1.54, 1.807) is 18.2 Å². The van der Waals surface area contributed by atoms with Gasteiger partial charge in [-0.15, -0.1) is 0 Å². The summed E-state index contributed by atoms with van der Waals surface area (Å²) in [6.07, 6.45) is -1.50. The second kappa shape index (κ2) is 7.87. The monoisotopic (exact) mass is 380 g/mol. The van der Waals surface area contributed by atoms with Crippen LogP contribution in [0.2, 0.25) is 0 Å². The zero-order chi connectivity index (χ0) is 19.3. The van der Waals surface area contributed by atoms with Crippen LogP contribution >= 0.6 is 0 Å². The van der Waals surface area contributed by atoms with Crippen molar-refractivity contribution in [3.8, 4) is 11.5 Å². The first kappa shape index (κ1) is 19.3. The lowest BCUT2D eigenvalue weighted by molar-refractivity contribution is -0.157. The lowest BCUT2D eigenvalue weighted by Crippen LogP contribution is -2.31. The van der Waals surface area contributed by atoms with Crippen LogP contribution in [0.5, 0.6) is 11.5 Å². The number of carbonyl (C=O) groups excluding carboxylic acids is 1. The van der Waals surface area contributed by atoms with Gasteiger partial charge in [-0.05, 0) is 30.3 Å². The molecule has 0 saturated carbocycles. The summed E-state index contributed by atoms with van der Waals surface area (Å²) in [5.41, 5.74) is -0.435. The molecule has 26 heavy (non-hydrogen) atoms. The zero-order valence-corrected chi connectivity index (χ0v) is 14.5. The van der Waals surface area contributed by atoms with E-state index in [1.165, 1.54) is 18.2 Å². The highest BCUT2D eigenvalue weighted by Crippen LogP contribution is 2.24. The molecule has 0 aliphatic rings. The Balaban J connectivity index is 2.27. The van der Waals surface area contributed by atoms with Gasteiger partial charge in [-0.2, -0.15) is 0 Å². The zero-order valence-electron chi connectivity index (χ0n) is 13.7. The average Bonchev–Trinajstić information content (AvgIpc) is 2.56. The molecule has 2 aromatic carbocycles. The predicted octanol–water partition coefficient (Wildman–Crippen LogP) is 1.83. The van der Waals surface area contributed by atoms with E-state index in [-0.39, 0.29) is 10.6 Å². The minimum atomic E-state index is -3.83. The fraction of sp³-hybridized carbons (Fsp3) is 0.176. The number of sulfone groups is 1. The van der Waals surface area contributed by atoms with Gasteiger partial charge in [0.2, 0.25) is 0 Å². The van der Waals surface area contributed by atoms with Crippen molar-refractivity contribution in [2.45, 2.75) is 18.1 Å². The summed E-state index contributed by atoms with van der Waals surface area (Å²) < 4.78 is 35.1. The lowest BCUT2D eigenvalue weighted by Gasteiger charge is -2.19. The number of carboxylic acids is 1. The van der Waals surface area contributed by atoms with Crippen LogP contribution in [0.15, 0.2) is 53.4 Å². The molecule has 2 rings (SSSR count). The van der Waals surface area contributed by atoms with Gasteiger partial charge in [-0.25, -0.2) is 13.2 Å². The number of phenols is 1. The number of esters is 1. The number of carbonyl (C=O) groups is 2. The van der Waals surface area contributed by atoms with Crippen molar-refractivity contribution in [2.75, 3.05) is 5.75 Å². The van der Waals surface area contributed by atoms with Crippen molar-refractivity contribution in [3.05, 3.63) is 54.1 Å². The smallest absolute Gasteiger partial charge is 0.339 e. The Morgan fingerprint density at radius 1 is 1.12 bits per heavy atom. The van der Waals surface area contributed by atoms with E-state index in [1.807, 2.05) is 0 Å². The molecule has 1 unspecified atom stereocenters. The molecule has 0 fully saturated rings. The highest BCUT2D eigenvalue weighted by molar-refractivity contribution is 7.91. The first-order valence-electron chi connectivity index (χ1n) is 7.37. The highest BCUT2D eigenvalue weighted by Gasteiger charge is 2.25. The molecule has 138 valence electrons. The van der Waals surface area contributed by atoms with Crippen LogP contribution in [0.1, 0.15) is 17.3 Å². The van der Waals surface area contributed by atoms with Gasteiger partial charge in [0.25, 0.3) is 6.29 Å². The predicted molar refractivity (Wildman–Crippen MR) is 89.7 cm³/mol. The summed E-state index contributed by atoms with van der Waals surface area (Å²) in [4.78, 5) is 22.3. The highest BCUT2D eigenvalue weighted by atomic mass is 32.2. The summed E-state index contributed by atoms with van der Waals surface area (Å²) in [5, 5.41) is 18.5. The van der Waals surface area contributed by atoms with Gasteiger partial charge in [-0.1, -0.05) is 18.2 Å². The first-order chi connectivity index (χ1) is 12.2. The van der Waals surface area contributed by atoms with Crippen LogP contribution in [0.25, 0.3) is 0 Å². The molecule has 0 aliphatic heterocycles. The standard InChI is InChI=1S/C17H16O8S/c1-11(18)24-16(10-26(22,23)13-5-3-2-4-6-13)25-12-7-8-15(19)14(9-12)17(20)21/h2-9,16,19H,10H2,1H3,(H,20,21). The Kier molecular flexibility index (Phi) is 5.83. The molecule has 0 amide bonds. The second-order valence-corrected chi connectivity index (χ2v) is 7.27. The van der Waals surface area contributed by atoms with Gasteiger partial charge in [0.1, 0.15) is 22.8 Å². The number of ether oxygens (including phenoxy) is 2. The summed E-state index contributed by atoms with van der Waals surface area (Å²) in [6.45, 7) is 1.09. The van der Waals surface area contributed by atoms with E-state index in [4.69, 9.17) is 14.6 Å². The maximum Gasteiger partial charge on any atom is 0.339 e. The van der Waals surface area contributed by atoms with Gasteiger partial charge in [0, 0.05) is 6.92 Å². The minimum absolute atomic E-state index is 0.0256. The Labute approximate surface area is 149 Å². The first-order valence-corrected chi connectivity index (χ1v) is 9.02. The Hall–Kier alpha value is -3.07. The number of rotatable bonds is 7. The fourth-order valence-corrected chi connectivity index (χ4v) is 3.35. The van der Waals surface area contributed by atoms with Gasteiger partial charge in [0.15, 0.2) is 9.84 Å². The Morgan fingerprint density at radius 2 is 1.77 bits per heavy atom. The largest absolute Gasteiger partial charge is 0.507 e. The molecule has 2 N–H and O–H groups in total. The molecule has 0 saturated heterocycles. The quantitative estimate of drug-likeness (QED) is 0.550. The second-order valence-electron chi connectivity index (χ2n) is 5.24. The number of aromatic carboxylic acids is 1. The summed E-state index contributed by atoms with van der Waals surface area (Å²) in [5.74, 6) is -3.38. The number of hydrogen-bond acceptors (Lipinski definition) is 7. The molecule has 2 aromatic rings. The molecule has 0 heterocycles. The average molecular weight is 380 g/mol. The molecular weight excluding hydrogens is 364 g/mol. The number of hydrogen-bond donors (Lipinski definition) is 2. The number of carboxylic acid groups (broad SMARTS) is 1. The summed E-state index contributed by atoms with van der Waals surface area (Å²) in [7, 11) is -3.83. The topological polar surface area (TPSA) is 127 Å². The normalized spacial score (nSPS) is 12.2. The molecular formula is C17H16O8S. The number of aromatic hydroxyl groups is 1. The summed E-state index contributed by atoms with van der Waals surface area (Å²) >= 11 is 0. The van der Waals surface area contributed by atoms with Crippen LogP contribution in [0.4, 0.5) is 0 Å². The van der Waals surface area contributed by atoms with E-state index < -0.39 is 45.1 Å². The molecule has 0 aromatic heterocycles.